The van der Waals surface area contributed by atoms with Crippen LogP contribution in [0.3, 0.4) is 0 Å². The number of anilines is 1. The molecule has 3 aromatic rings. The molecule has 0 unspecified atom stereocenters. The maximum atomic E-state index is 13.1. The number of nitrogens with one attached hydrogen (secondary N) is 1. The van der Waals surface area contributed by atoms with Crippen molar-refractivity contribution in [2.75, 3.05) is 5.32 Å². The molecule has 0 spiro atoms. The number of halogens is 2. The van der Waals surface area contributed by atoms with Gasteiger partial charge < -0.3 is 9.88 Å². The molecule has 3 nitrogen and oxygen atoms in total. The van der Waals surface area contributed by atoms with Crippen LogP contribution >= 0.6 is 0 Å². The van der Waals surface area contributed by atoms with Crippen molar-refractivity contribution in [1.82, 2.24) is 9.55 Å². The van der Waals surface area contributed by atoms with Crippen LogP contribution in [0.15, 0.2) is 61.2 Å². The molecule has 0 saturated heterocycles. The Kier molecular flexibility index (Phi) is 3.64. The number of rotatable bonds is 4. The van der Waals surface area contributed by atoms with Gasteiger partial charge in [0.2, 0.25) is 0 Å². The molecule has 2 aromatic carbocycles. The molecule has 0 radical (unpaired) electrons. The van der Waals surface area contributed by atoms with E-state index in [0.29, 0.717) is 12.2 Å². The van der Waals surface area contributed by atoms with Crippen molar-refractivity contribution in [3.05, 3.63) is 78.4 Å². The van der Waals surface area contributed by atoms with Gasteiger partial charge in [0, 0.05) is 36.4 Å². The standard InChI is InChI=1S/C16H13F2N3/c17-13-7-14(18)9-15(8-13)20-10-12-1-3-16(4-2-12)21-6-5-19-11-21/h1-9,11,20H,10H2. The van der Waals surface area contributed by atoms with Gasteiger partial charge in [-0.15, -0.1) is 0 Å². The molecule has 0 atom stereocenters. The summed E-state index contributed by atoms with van der Waals surface area (Å²) in [6.45, 7) is 0.493. The molecule has 1 heterocycles. The molecule has 0 amide bonds. The van der Waals surface area contributed by atoms with E-state index in [4.69, 9.17) is 0 Å². The summed E-state index contributed by atoms with van der Waals surface area (Å²) in [5, 5.41) is 3.00. The second kappa shape index (κ2) is 5.75. The highest BCUT2D eigenvalue weighted by Gasteiger charge is 2.01. The van der Waals surface area contributed by atoms with E-state index in [1.165, 1.54) is 12.1 Å². The Hall–Kier alpha value is -2.69. The lowest BCUT2D eigenvalue weighted by molar-refractivity contribution is 0.584. The first-order chi connectivity index (χ1) is 10.2. The second-order valence-electron chi connectivity index (χ2n) is 4.65. The lowest BCUT2D eigenvalue weighted by Crippen LogP contribution is -2.00. The van der Waals surface area contributed by atoms with Gasteiger partial charge in [0.05, 0.1) is 6.33 Å². The molecule has 0 bridgehead atoms. The van der Waals surface area contributed by atoms with Gasteiger partial charge in [-0.25, -0.2) is 13.8 Å². The number of nitrogens with zero attached hydrogens (tertiary/aromatic N) is 2. The van der Waals surface area contributed by atoms with Crippen LogP contribution in [0.25, 0.3) is 5.69 Å². The molecule has 1 N–H and O–H groups in total. The van der Waals surface area contributed by atoms with Gasteiger partial charge in [-0.3, -0.25) is 0 Å². The van der Waals surface area contributed by atoms with Crippen LogP contribution in [0.2, 0.25) is 0 Å². The lowest BCUT2D eigenvalue weighted by Gasteiger charge is -2.08. The highest BCUT2D eigenvalue weighted by molar-refractivity contribution is 5.45. The molecule has 106 valence electrons. The minimum absolute atomic E-state index is 0.422. The van der Waals surface area contributed by atoms with Gasteiger partial charge in [0.15, 0.2) is 0 Å². The van der Waals surface area contributed by atoms with E-state index in [0.717, 1.165) is 17.3 Å². The quantitative estimate of drug-likeness (QED) is 0.791. The zero-order valence-electron chi connectivity index (χ0n) is 11.1. The summed E-state index contributed by atoms with van der Waals surface area (Å²) in [7, 11) is 0. The first-order valence-corrected chi connectivity index (χ1v) is 6.48. The number of hydrogen-bond acceptors (Lipinski definition) is 2. The molecule has 21 heavy (non-hydrogen) atoms. The van der Waals surface area contributed by atoms with Gasteiger partial charge in [-0.1, -0.05) is 12.1 Å². The van der Waals surface area contributed by atoms with Gasteiger partial charge >= 0.3 is 0 Å². The van der Waals surface area contributed by atoms with Crippen LogP contribution in [-0.2, 0) is 6.54 Å². The first kappa shape index (κ1) is 13.3. The Bertz CT molecular complexity index is 702. The number of hydrogen-bond donors (Lipinski definition) is 1. The van der Waals surface area contributed by atoms with E-state index in [-0.39, 0.29) is 0 Å². The van der Waals surface area contributed by atoms with Crippen LogP contribution in [0, 0.1) is 11.6 Å². The van der Waals surface area contributed by atoms with Crippen LogP contribution in [-0.4, -0.2) is 9.55 Å². The molecule has 5 heteroatoms. The third-order valence-corrected chi connectivity index (χ3v) is 3.10. The van der Waals surface area contributed by atoms with Crippen LogP contribution in [0.4, 0.5) is 14.5 Å². The normalized spacial score (nSPS) is 10.6. The Labute approximate surface area is 120 Å². The highest BCUT2D eigenvalue weighted by Crippen LogP contribution is 2.15. The van der Waals surface area contributed by atoms with Crippen molar-refractivity contribution >= 4 is 5.69 Å². The molecule has 0 fully saturated rings. The lowest BCUT2D eigenvalue weighted by atomic mass is 10.2. The van der Waals surface area contributed by atoms with Gasteiger partial charge in [0.25, 0.3) is 0 Å². The van der Waals surface area contributed by atoms with Crippen molar-refractivity contribution in [2.24, 2.45) is 0 Å². The van der Waals surface area contributed by atoms with E-state index < -0.39 is 11.6 Å². The Morgan fingerprint density at radius 2 is 1.71 bits per heavy atom. The summed E-state index contributed by atoms with van der Waals surface area (Å²) in [6, 6.07) is 11.2. The number of aromatic nitrogens is 2. The van der Waals surface area contributed by atoms with Crippen LogP contribution < -0.4 is 5.32 Å². The summed E-state index contributed by atoms with van der Waals surface area (Å²) in [4.78, 5) is 3.99. The predicted octanol–water partition coefficient (Wildman–Crippen LogP) is 3.76. The van der Waals surface area contributed by atoms with E-state index in [1.807, 2.05) is 35.0 Å². The minimum Gasteiger partial charge on any atom is -0.381 e. The second-order valence-corrected chi connectivity index (χ2v) is 4.65. The summed E-state index contributed by atoms with van der Waals surface area (Å²) in [5.74, 6) is -1.18. The van der Waals surface area contributed by atoms with Crippen molar-refractivity contribution in [2.45, 2.75) is 6.54 Å². The molecule has 0 saturated carbocycles. The van der Waals surface area contributed by atoms with Crippen molar-refractivity contribution in [3.63, 3.8) is 0 Å². The fourth-order valence-corrected chi connectivity index (χ4v) is 2.06. The van der Waals surface area contributed by atoms with Gasteiger partial charge in [-0.05, 0) is 29.8 Å². The third kappa shape index (κ3) is 3.25. The topological polar surface area (TPSA) is 29.9 Å². The summed E-state index contributed by atoms with van der Waals surface area (Å²) >= 11 is 0. The van der Waals surface area contributed by atoms with Crippen LogP contribution in [0.1, 0.15) is 5.56 Å². The van der Waals surface area contributed by atoms with Crippen molar-refractivity contribution < 1.29 is 8.78 Å². The molecule has 0 aliphatic heterocycles. The van der Waals surface area contributed by atoms with E-state index >= 15 is 0 Å². The molecule has 1 aromatic heterocycles. The average molecular weight is 285 g/mol. The van der Waals surface area contributed by atoms with E-state index in [1.54, 1.807) is 12.5 Å². The maximum absolute atomic E-state index is 13.1. The summed E-state index contributed by atoms with van der Waals surface area (Å²) in [5.41, 5.74) is 2.45. The fraction of sp³-hybridized carbons (Fsp3) is 0.0625. The predicted molar refractivity (Wildman–Crippen MR) is 77.2 cm³/mol. The SMILES string of the molecule is Fc1cc(F)cc(NCc2ccc(-n3ccnc3)cc2)c1. The molecular formula is C16H13F2N3. The Morgan fingerprint density at radius 3 is 2.33 bits per heavy atom. The van der Waals surface area contributed by atoms with Crippen molar-refractivity contribution in [3.8, 4) is 5.69 Å². The number of imidazole rings is 1. The van der Waals surface area contributed by atoms with Gasteiger partial charge in [-0.2, -0.15) is 0 Å². The van der Waals surface area contributed by atoms with Crippen molar-refractivity contribution in [1.29, 1.82) is 0 Å². The first-order valence-electron chi connectivity index (χ1n) is 6.48. The smallest absolute Gasteiger partial charge is 0.128 e. The molecule has 0 aliphatic carbocycles. The zero-order valence-corrected chi connectivity index (χ0v) is 11.1. The summed E-state index contributed by atoms with van der Waals surface area (Å²) in [6.07, 6.45) is 5.31. The molecule has 3 rings (SSSR count). The van der Waals surface area contributed by atoms with E-state index in [2.05, 4.69) is 10.3 Å². The molecule has 0 aliphatic rings. The highest BCUT2D eigenvalue weighted by atomic mass is 19.1. The monoisotopic (exact) mass is 285 g/mol. The Morgan fingerprint density at radius 1 is 1.00 bits per heavy atom. The average Bonchev–Trinajstić information content (AvgIpc) is 2.99. The molecular weight excluding hydrogens is 272 g/mol. The van der Waals surface area contributed by atoms with Gasteiger partial charge in [0.1, 0.15) is 11.6 Å². The third-order valence-electron chi connectivity index (χ3n) is 3.10. The largest absolute Gasteiger partial charge is 0.381 e. The Balaban J connectivity index is 1.68. The van der Waals surface area contributed by atoms with Crippen LogP contribution in [0.5, 0.6) is 0 Å². The fourth-order valence-electron chi connectivity index (χ4n) is 2.06. The van der Waals surface area contributed by atoms with E-state index in [9.17, 15) is 8.78 Å². The number of benzene rings is 2. The maximum Gasteiger partial charge on any atom is 0.128 e. The summed E-state index contributed by atoms with van der Waals surface area (Å²) < 4.78 is 28.1. The minimum atomic E-state index is -0.590. The zero-order chi connectivity index (χ0) is 14.7.